The minimum atomic E-state index is -3.81. The van der Waals surface area contributed by atoms with Crippen LogP contribution in [0.4, 0.5) is 0 Å². The lowest BCUT2D eigenvalue weighted by Crippen LogP contribution is -2.01. The van der Waals surface area contributed by atoms with Gasteiger partial charge in [-0.2, -0.15) is 0 Å². The van der Waals surface area contributed by atoms with Crippen LogP contribution in [0.15, 0.2) is 154 Å². The minimum absolute atomic E-state index is 0.247. The second-order valence-corrected chi connectivity index (χ2v) is 13.2. The van der Waals surface area contributed by atoms with Crippen LogP contribution in [-0.4, -0.2) is 23.4 Å². The summed E-state index contributed by atoms with van der Waals surface area (Å²) in [6.45, 7) is 0. The maximum Gasteiger partial charge on any atom is 0.207 e. The van der Waals surface area contributed by atoms with Crippen molar-refractivity contribution >= 4 is 31.8 Å². The number of furan rings is 1. The van der Waals surface area contributed by atoms with Crippen molar-refractivity contribution in [3.8, 4) is 56.4 Å². The zero-order valence-corrected chi connectivity index (χ0v) is 25.1. The van der Waals surface area contributed by atoms with Crippen molar-refractivity contribution in [2.45, 2.75) is 9.79 Å². The van der Waals surface area contributed by atoms with Crippen LogP contribution in [0.2, 0.25) is 0 Å². The predicted molar refractivity (Wildman–Crippen MR) is 180 cm³/mol. The predicted octanol–water partition coefficient (Wildman–Crippen LogP) is 9.25. The Morgan fingerprint density at radius 2 is 0.891 bits per heavy atom. The van der Waals surface area contributed by atoms with Crippen molar-refractivity contribution in [2.75, 3.05) is 0 Å². The van der Waals surface area contributed by atoms with E-state index in [4.69, 9.17) is 19.4 Å². The van der Waals surface area contributed by atoms with Gasteiger partial charge >= 0.3 is 0 Å². The first-order valence-electron chi connectivity index (χ1n) is 14.9. The Balaban J connectivity index is 1.15. The zero-order chi connectivity index (χ0) is 30.8. The molecular weight excluding hydrogens is 591 g/mol. The highest BCUT2D eigenvalue weighted by atomic mass is 32.2. The molecule has 0 unspecified atom stereocenters. The molecule has 0 saturated heterocycles. The smallest absolute Gasteiger partial charge is 0.207 e. The van der Waals surface area contributed by atoms with Crippen molar-refractivity contribution in [1.29, 1.82) is 0 Å². The molecule has 46 heavy (non-hydrogen) atoms. The molecule has 8 aromatic rings. The van der Waals surface area contributed by atoms with Gasteiger partial charge in [-0.25, -0.2) is 23.4 Å². The molecule has 3 heterocycles. The number of rotatable bonds is 4. The van der Waals surface area contributed by atoms with Crippen LogP contribution in [-0.2, 0) is 9.84 Å². The van der Waals surface area contributed by atoms with Gasteiger partial charge in [0.1, 0.15) is 11.2 Å². The van der Waals surface area contributed by atoms with Gasteiger partial charge in [-0.05, 0) is 41.5 Å². The lowest BCUT2D eigenvalue weighted by Gasteiger charge is -2.09. The van der Waals surface area contributed by atoms with E-state index < -0.39 is 9.84 Å². The van der Waals surface area contributed by atoms with E-state index >= 15 is 0 Å². The van der Waals surface area contributed by atoms with Gasteiger partial charge in [0.25, 0.3) is 0 Å². The molecule has 0 N–H and O–H groups in total. The molecule has 0 fully saturated rings. The molecule has 2 aromatic heterocycles. The van der Waals surface area contributed by atoms with Crippen LogP contribution in [0.5, 0.6) is 0 Å². The van der Waals surface area contributed by atoms with Gasteiger partial charge < -0.3 is 4.42 Å². The Kier molecular flexibility index (Phi) is 5.79. The van der Waals surface area contributed by atoms with Gasteiger partial charge in [-0.1, -0.05) is 109 Å². The Hall–Kier alpha value is -5.92. The number of aromatic nitrogens is 3. The van der Waals surface area contributed by atoms with Crippen LogP contribution in [0, 0.1) is 0 Å². The molecule has 0 atom stereocenters. The van der Waals surface area contributed by atoms with E-state index in [9.17, 15) is 8.42 Å². The molecular formula is C39H23N3O3S. The molecule has 7 heteroatoms. The third-order valence-corrected chi connectivity index (χ3v) is 10.3. The van der Waals surface area contributed by atoms with Gasteiger partial charge in [0.15, 0.2) is 17.5 Å². The summed E-state index contributed by atoms with van der Waals surface area (Å²) in [5, 5.41) is 2.02. The molecule has 0 aliphatic carbocycles. The molecule has 9 rings (SSSR count). The first-order valence-corrected chi connectivity index (χ1v) is 16.3. The van der Waals surface area contributed by atoms with Crippen LogP contribution in [0.3, 0.4) is 0 Å². The first-order chi connectivity index (χ1) is 22.5. The summed E-state index contributed by atoms with van der Waals surface area (Å²) in [5.74, 6) is 1.44. The monoisotopic (exact) mass is 613 g/mol. The van der Waals surface area contributed by atoms with Crippen molar-refractivity contribution in [1.82, 2.24) is 15.0 Å². The number of para-hydroxylation sites is 1. The lowest BCUT2D eigenvalue weighted by molar-refractivity contribution is 0.598. The van der Waals surface area contributed by atoms with E-state index in [0.29, 0.717) is 39.1 Å². The van der Waals surface area contributed by atoms with Gasteiger partial charge in [-0.3, -0.25) is 0 Å². The summed E-state index contributed by atoms with van der Waals surface area (Å²) in [5.41, 5.74) is 7.00. The standard InChI is InChI=1S/C39H23N3O3S/c43-46(44)35-22-27(26-17-20-34-32(21-26)29-13-7-8-14-33(29)45-34)15-18-30(35)31-19-16-28(23-36(31)46)39-41-37(24-9-3-1-4-10-24)40-38(42-39)25-11-5-2-6-12-25/h1-23H. The average molecular weight is 614 g/mol. The number of fused-ring (bicyclic) bond motifs is 6. The SMILES string of the molecule is O=S1(=O)c2cc(-c3ccc4oc5ccccc5c4c3)ccc2-c2ccc(-c3nc(-c4ccccc4)nc(-c4ccccc4)n3)cc21. The number of hydrogen-bond acceptors (Lipinski definition) is 6. The fourth-order valence-electron chi connectivity index (χ4n) is 6.21. The van der Waals surface area contributed by atoms with E-state index in [0.717, 1.165) is 44.2 Å². The molecule has 0 radical (unpaired) electrons. The summed E-state index contributed by atoms with van der Waals surface area (Å²) < 4.78 is 34.2. The summed E-state index contributed by atoms with van der Waals surface area (Å²) in [6.07, 6.45) is 0. The second kappa shape index (κ2) is 10.1. The number of sulfone groups is 1. The molecule has 0 amide bonds. The Morgan fingerprint density at radius 3 is 1.54 bits per heavy atom. The van der Waals surface area contributed by atoms with E-state index in [1.165, 1.54) is 0 Å². The zero-order valence-electron chi connectivity index (χ0n) is 24.3. The molecule has 6 nitrogen and oxygen atoms in total. The van der Waals surface area contributed by atoms with Crippen LogP contribution < -0.4 is 0 Å². The normalized spacial score (nSPS) is 13.1. The molecule has 0 spiro atoms. The first kappa shape index (κ1) is 26.5. The summed E-state index contributed by atoms with van der Waals surface area (Å²) >= 11 is 0. The summed E-state index contributed by atoms with van der Waals surface area (Å²) in [6, 6.07) is 44.4. The van der Waals surface area contributed by atoms with Crippen molar-refractivity contribution < 1.29 is 12.8 Å². The van der Waals surface area contributed by atoms with E-state index in [2.05, 4.69) is 6.07 Å². The number of benzene rings is 6. The molecule has 1 aliphatic heterocycles. The van der Waals surface area contributed by atoms with E-state index in [1.807, 2.05) is 121 Å². The minimum Gasteiger partial charge on any atom is -0.456 e. The highest BCUT2D eigenvalue weighted by molar-refractivity contribution is 7.92. The van der Waals surface area contributed by atoms with Crippen molar-refractivity contribution in [3.63, 3.8) is 0 Å². The summed E-state index contributed by atoms with van der Waals surface area (Å²) in [7, 11) is -3.81. The lowest BCUT2D eigenvalue weighted by atomic mass is 9.98. The van der Waals surface area contributed by atoms with Crippen LogP contribution >= 0.6 is 0 Å². The Bertz CT molecular complexity index is 2540. The molecule has 1 aliphatic rings. The maximum atomic E-state index is 14.1. The maximum absolute atomic E-state index is 14.1. The Morgan fingerprint density at radius 1 is 0.413 bits per heavy atom. The largest absolute Gasteiger partial charge is 0.456 e. The van der Waals surface area contributed by atoms with Gasteiger partial charge in [0.05, 0.1) is 9.79 Å². The van der Waals surface area contributed by atoms with E-state index in [1.54, 1.807) is 12.1 Å². The third-order valence-electron chi connectivity index (χ3n) is 8.50. The number of hydrogen-bond donors (Lipinski definition) is 0. The Labute approximate surface area is 264 Å². The average Bonchev–Trinajstić information content (AvgIpc) is 3.60. The van der Waals surface area contributed by atoms with Crippen LogP contribution in [0.25, 0.3) is 78.4 Å². The van der Waals surface area contributed by atoms with Crippen LogP contribution in [0.1, 0.15) is 0 Å². The molecule has 0 saturated carbocycles. The van der Waals surface area contributed by atoms with Gasteiger partial charge in [-0.15, -0.1) is 0 Å². The third kappa shape index (κ3) is 4.17. The highest BCUT2D eigenvalue weighted by Crippen LogP contribution is 2.46. The fourth-order valence-corrected chi connectivity index (χ4v) is 7.95. The van der Waals surface area contributed by atoms with Crippen molar-refractivity contribution in [3.05, 3.63) is 140 Å². The van der Waals surface area contributed by atoms with E-state index in [-0.39, 0.29) is 4.90 Å². The fraction of sp³-hybridized carbons (Fsp3) is 0. The second-order valence-electron chi connectivity index (χ2n) is 11.3. The number of nitrogens with zero attached hydrogens (tertiary/aromatic N) is 3. The summed E-state index contributed by atoms with van der Waals surface area (Å²) in [4.78, 5) is 14.9. The topological polar surface area (TPSA) is 86.0 Å². The van der Waals surface area contributed by atoms with Gasteiger partial charge in [0.2, 0.25) is 9.84 Å². The molecule has 0 bridgehead atoms. The quantitative estimate of drug-likeness (QED) is 0.197. The van der Waals surface area contributed by atoms with Gasteiger partial charge in [0, 0.05) is 38.6 Å². The molecule has 6 aromatic carbocycles. The van der Waals surface area contributed by atoms with Crippen molar-refractivity contribution in [2.24, 2.45) is 0 Å². The highest BCUT2D eigenvalue weighted by Gasteiger charge is 2.34. The molecule has 218 valence electrons.